The first-order valence-electron chi connectivity index (χ1n) is 8.38. The lowest BCUT2D eigenvalue weighted by atomic mass is 10.2. The number of carbonyl (C=O) groups excluding carboxylic acids is 1. The molecule has 2 aromatic rings. The first-order chi connectivity index (χ1) is 12.4. The minimum absolute atomic E-state index is 0.0785. The Labute approximate surface area is 152 Å². The number of pyridine rings is 1. The molecule has 3 rings (SSSR count). The van der Waals surface area contributed by atoms with Gasteiger partial charge < -0.3 is 10.2 Å². The van der Waals surface area contributed by atoms with E-state index in [0.717, 1.165) is 6.07 Å². The van der Waals surface area contributed by atoms with Crippen LogP contribution in [0, 0.1) is 5.82 Å². The molecule has 26 heavy (non-hydrogen) atoms. The number of nitrogens with zero attached hydrogens (tertiary/aromatic N) is 2. The van der Waals surface area contributed by atoms with Gasteiger partial charge in [0.2, 0.25) is 0 Å². The summed E-state index contributed by atoms with van der Waals surface area (Å²) in [6.07, 6.45) is 2.11. The monoisotopic (exact) mass is 377 g/mol. The number of nitrogens with one attached hydrogen (secondary N) is 1. The zero-order chi connectivity index (χ0) is 18.7. The lowest BCUT2D eigenvalue weighted by Gasteiger charge is -2.28. The molecule has 1 amide bonds. The molecule has 1 aliphatic heterocycles. The molecule has 1 aromatic heterocycles. The topological polar surface area (TPSA) is 79.4 Å². The van der Waals surface area contributed by atoms with Crippen LogP contribution in [-0.4, -0.2) is 43.4 Å². The SMILES string of the molecule is CCN(c1ccc(NC(=O)c2cccc(F)c2)cn1)C1CCS(=O)(=O)C1. The van der Waals surface area contributed by atoms with Crippen LogP contribution < -0.4 is 10.2 Å². The molecule has 0 bridgehead atoms. The second-order valence-corrected chi connectivity index (χ2v) is 8.44. The van der Waals surface area contributed by atoms with Gasteiger partial charge >= 0.3 is 0 Å². The number of hydrogen-bond acceptors (Lipinski definition) is 5. The quantitative estimate of drug-likeness (QED) is 0.866. The van der Waals surface area contributed by atoms with Crippen molar-refractivity contribution in [2.75, 3.05) is 28.3 Å². The maximum atomic E-state index is 13.2. The summed E-state index contributed by atoms with van der Waals surface area (Å²) in [7, 11) is -2.97. The van der Waals surface area contributed by atoms with Crippen molar-refractivity contribution in [2.24, 2.45) is 0 Å². The van der Waals surface area contributed by atoms with Crippen molar-refractivity contribution in [2.45, 2.75) is 19.4 Å². The van der Waals surface area contributed by atoms with Crippen LogP contribution in [0.2, 0.25) is 0 Å². The second kappa shape index (κ2) is 7.41. The van der Waals surface area contributed by atoms with E-state index < -0.39 is 21.6 Å². The molecule has 1 N–H and O–H groups in total. The third-order valence-electron chi connectivity index (χ3n) is 4.38. The zero-order valence-corrected chi connectivity index (χ0v) is 15.2. The number of amides is 1. The number of sulfone groups is 1. The predicted octanol–water partition coefficient (Wildman–Crippen LogP) is 2.49. The Kier molecular flexibility index (Phi) is 5.22. The molecule has 1 unspecified atom stereocenters. The van der Waals surface area contributed by atoms with E-state index in [1.165, 1.54) is 24.4 Å². The summed E-state index contributed by atoms with van der Waals surface area (Å²) in [5, 5.41) is 2.67. The van der Waals surface area contributed by atoms with Gasteiger partial charge in [0.05, 0.1) is 23.4 Å². The van der Waals surface area contributed by atoms with Crippen LogP contribution in [0.25, 0.3) is 0 Å². The molecule has 6 nitrogen and oxygen atoms in total. The molecule has 0 radical (unpaired) electrons. The van der Waals surface area contributed by atoms with Crippen molar-refractivity contribution in [3.63, 3.8) is 0 Å². The van der Waals surface area contributed by atoms with Crippen LogP contribution in [0.15, 0.2) is 42.6 Å². The largest absolute Gasteiger partial charge is 0.353 e. The maximum Gasteiger partial charge on any atom is 0.255 e. The summed E-state index contributed by atoms with van der Waals surface area (Å²) in [6.45, 7) is 2.59. The van der Waals surface area contributed by atoms with Crippen molar-refractivity contribution >= 4 is 27.2 Å². The third-order valence-corrected chi connectivity index (χ3v) is 6.13. The fraction of sp³-hybridized carbons (Fsp3) is 0.333. The molecule has 2 heterocycles. The van der Waals surface area contributed by atoms with Crippen molar-refractivity contribution in [3.8, 4) is 0 Å². The van der Waals surface area contributed by atoms with Crippen LogP contribution in [0.1, 0.15) is 23.7 Å². The summed E-state index contributed by atoms with van der Waals surface area (Å²) < 4.78 is 36.6. The van der Waals surface area contributed by atoms with Crippen molar-refractivity contribution in [1.82, 2.24) is 4.98 Å². The van der Waals surface area contributed by atoms with Gasteiger partial charge in [-0.15, -0.1) is 0 Å². The molecule has 1 atom stereocenters. The number of benzene rings is 1. The number of aromatic nitrogens is 1. The Bertz CT molecular complexity index is 900. The van der Waals surface area contributed by atoms with E-state index in [4.69, 9.17) is 0 Å². The number of carbonyl (C=O) groups is 1. The molecule has 1 fully saturated rings. The predicted molar refractivity (Wildman–Crippen MR) is 98.7 cm³/mol. The first kappa shape index (κ1) is 18.3. The Hall–Kier alpha value is -2.48. The molecule has 1 aliphatic rings. The highest BCUT2D eigenvalue weighted by Gasteiger charge is 2.32. The highest BCUT2D eigenvalue weighted by atomic mass is 32.2. The van der Waals surface area contributed by atoms with E-state index in [9.17, 15) is 17.6 Å². The molecule has 0 saturated carbocycles. The lowest BCUT2D eigenvalue weighted by Crippen LogP contribution is -2.36. The lowest BCUT2D eigenvalue weighted by molar-refractivity contribution is 0.102. The van der Waals surface area contributed by atoms with Crippen LogP contribution in [0.3, 0.4) is 0 Å². The van der Waals surface area contributed by atoms with E-state index in [0.29, 0.717) is 24.5 Å². The number of rotatable bonds is 5. The number of hydrogen-bond donors (Lipinski definition) is 1. The van der Waals surface area contributed by atoms with E-state index in [1.54, 1.807) is 12.1 Å². The highest BCUT2D eigenvalue weighted by molar-refractivity contribution is 7.91. The third kappa shape index (κ3) is 4.19. The van der Waals surface area contributed by atoms with E-state index in [2.05, 4.69) is 10.3 Å². The zero-order valence-electron chi connectivity index (χ0n) is 14.4. The van der Waals surface area contributed by atoms with Gasteiger partial charge in [-0.2, -0.15) is 0 Å². The summed E-state index contributed by atoms with van der Waals surface area (Å²) in [5.41, 5.74) is 0.707. The Morgan fingerprint density at radius 3 is 2.73 bits per heavy atom. The fourth-order valence-electron chi connectivity index (χ4n) is 3.09. The summed E-state index contributed by atoms with van der Waals surface area (Å²) in [6, 6.07) is 8.80. The average molecular weight is 377 g/mol. The van der Waals surface area contributed by atoms with E-state index >= 15 is 0 Å². The highest BCUT2D eigenvalue weighted by Crippen LogP contribution is 2.23. The molecule has 1 saturated heterocycles. The van der Waals surface area contributed by atoms with Gasteiger partial charge in [0.15, 0.2) is 9.84 Å². The Balaban J connectivity index is 1.70. The molecule has 0 spiro atoms. The van der Waals surface area contributed by atoms with Crippen LogP contribution >= 0.6 is 0 Å². The fourth-order valence-corrected chi connectivity index (χ4v) is 4.82. The van der Waals surface area contributed by atoms with Gasteiger partial charge in [0.1, 0.15) is 11.6 Å². The minimum Gasteiger partial charge on any atom is -0.353 e. The Morgan fingerprint density at radius 2 is 2.15 bits per heavy atom. The molecular weight excluding hydrogens is 357 g/mol. The second-order valence-electron chi connectivity index (χ2n) is 6.21. The molecule has 0 aliphatic carbocycles. The minimum atomic E-state index is -2.97. The molecule has 8 heteroatoms. The van der Waals surface area contributed by atoms with Gasteiger partial charge in [-0.3, -0.25) is 4.79 Å². The van der Waals surface area contributed by atoms with Crippen LogP contribution in [-0.2, 0) is 9.84 Å². The number of anilines is 2. The summed E-state index contributed by atoms with van der Waals surface area (Å²) in [4.78, 5) is 18.4. The van der Waals surface area contributed by atoms with Gasteiger partial charge in [-0.1, -0.05) is 6.07 Å². The Morgan fingerprint density at radius 1 is 1.35 bits per heavy atom. The molecule has 1 aromatic carbocycles. The van der Waals surface area contributed by atoms with E-state index in [-0.39, 0.29) is 23.1 Å². The number of halogens is 1. The summed E-state index contributed by atoms with van der Waals surface area (Å²) in [5.74, 6) is 0.110. The van der Waals surface area contributed by atoms with Crippen LogP contribution in [0.4, 0.5) is 15.9 Å². The molecular formula is C18H20FN3O3S. The van der Waals surface area contributed by atoms with E-state index in [1.807, 2.05) is 11.8 Å². The van der Waals surface area contributed by atoms with Gasteiger partial charge in [-0.25, -0.2) is 17.8 Å². The van der Waals surface area contributed by atoms with Crippen molar-refractivity contribution in [3.05, 3.63) is 54.0 Å². The smallest absolute Gasteiger partial charge is 0.255 e. The normalized spacial score (nSPS) is 18.5. The standard InChI is InChI=1S/C18H20FN3O3S/c1-2-22(16-8-9-26(24,25)12-16)17-7-6-15(11-20-17)21-18(23)13-4-3-5-14(19)10-13/h3-7,10-11,16H,2,8-9,12H2,1H3,(H,21,23). The maximum absolute atomic E-state index is 13.2. The van der Waals surface area contributed by atoms with Crippen molar-refractivity contribution in [1.29, 1.82) is 0 Å². The van der Waals surface area contributed by atoms with Gasteiger partial charge in [0, 0.05) is 18.2 Å². The average Bonchev–Trinajstić information content (AvgIpc) is 2.96. The van der Waals surface area contributed by atoms with Crippen LogP contribution in [0.5, 0.6) is 0 Å². The first-order valence-corrected chi connectivity index (χ1v) is 10.2. The van der Waals surface area contributed by atoms with Gasteiger partial charge in [0.25, 0.3) is 5.91 Å². The molecule has 138 valence electrons. The summed E-state index contributed by atoms with van der Waals surface area (Å²) >= 11 is 0. The van der Waals surface area contributed by atoms with Gasteiger partial charge in [-0.05, 0) is 43.7 Å². The van der Waals surface area contributed by atoms with Crippen molar-refractivity contribution < 1.29 is 17.6 Å².